The van der Waals surface area contributed by atoms with Crippen LogP contribution in [-0.4, -0.2) is 34.4 Å². The molecule has 2 aromatic rings. The van der Waals surface area contributed by atoms with Crippen LogP contribution in [-0.2, 0) is 4.79 Å². The van der Waals surface area contributed by atoms with E-state index in [9.17, 15) is 9.59 Å². The zero-order valence-electron chi connectivity index (χ0n) is 14.6. The molecular formula is C18H22N4O3. The number of nitrogens with one attached hydrogen (secondary N) is 2. The number of rotatable bonds is 7. The molecule has 0 fully saturated rings. The van der Waals surface area contributed by atoms with Crippen LogP contribution in [0.5, 0.6) is 5.88 Å². The van der Waals surface area contributed by atoms with Crippen LogP contribution in [0, 0.1) is 6.92 Å². The predicted octanol–water partition coefficient (Wildman–Crippen LogP) is 2.33. The van der Waals surface area contributed by atoms with Gasteiger partial charge in [0.05, 0.1) is 11.7 Å². The summed E-state index contributed by atoms with van der Waals surface area (Å²) in [6.07, 6.45) is 1.63. The van der Waals surface area contributed by atoms with Gasteiger partial charge in [-0.15, -0.1) is 0 Å². The summed E-state index contributed by atoms with van der Waals surface area (Å²) < 4.78 is 5.42. The molecule has 0 aromatic carbocycles. The van der Waals surface area contributed by atoms with Crippen molar-refractivity contribution in [1.82, 2.24) is 15.3 Å². The molecule has 0 saturated carbocycles. The van der Waals surface area contributed by atoms with Crippen molar-refractivity contribution in [3.63, 3.8) is 0 Å². The van der Waals surface area contributed by atoms with Gasteiger partial charge in [-0.3, -0.25) is 9.59 Å². The van der Waals surface area contributed by atoms with Gasteiger partial charge in [-0.1, -0.05) is 6.07 Å². The van der Waals surface area contributed by atoms with Crippen molar-refractivity contribution in [2.45, 2.75) is 33.3 Å². The summed E-state index contributed by atoms with van der Waals surface area (Å²) in [6.45, 7) is 5.88. The summed E-state index contributed by atoms with van der Waals surface area (Å²) in [5, 5.41) is 5.38. The maximum absolute atomic E-state index is 12.0. The minimum atomic E-state index is -0.287. The predicted molar refractivity (Wildman–Crippen MR) is 94.6 cm³/mol. The lowest BCUT2D eigenvalue weighted by Crippen LogP contribution is -2.27. The fourth-order valence-corrected chi connectivity index (χ4v) is 2.04. The number of aromatic nitrogens is 2. The number of amides is 2. The topological polar surface area (TPSA) is 93.2 Å². The van der Waals surface area contributed by atoms with Crippen LogP contribution >= 0.6 is 0 Å². The second-order valence-corrected chi connectivity index (χ2v) is 5.77. The van der Waals surface area contributed by atoms with Crippen molar-refractivity contribution in [1.29, 1.82) is 0 Å². The van der Waals surface area contributed by atoms with Crippen molar-refractivity contribution >= 4 is 17.6 Å². The fraction of sp³-hybridized carbons (Fsp3) is 0.333. The second kappa shape index (κ2) is 8.77. The Morgan fingerprint density at radius 2 is 2.00 bits per heavy atom. The molecule has 0 radical (unpaired) electrons. The van der Waals surface area contributed by atoms with E-state index in [1.165, 1.54) is 6.20 Å². The van der Waals surface area contributed by atoms with E-state index in [-0.39, 0.29) is 30.9 Å². The molecule has 2 rings (SSSR count). The van der Waals surface area contributed by atoms with Gasteiger partial charge in [-0.2, -0.15) is 0 Å². The van der Waals surface area contributed by atoms with Gasteiger partial charge in [0.25, 0.3) is 5.91 Å². The van der Waals surface area contributed by atoms with Gasteiger partial charge in [0.1, 0.15) is 5.82 Å². The molecule has 132 valence electrons. The Morgan fingerprint density at radius 1 is 1.20 bits per heavy atom. The first-order chi connectivity index (χ1) is 11.9. The summed E-state index contributed by atoms with van der Waals surface area (Å²) in [6, 6.07) is 8.67. The van der Waals surface area contributed by atoms with Crippen molar-refractivity contribution in [3.05, 3.63) is 47.8 Å². The van der Waals surface area contributed by atoms with Crippen LogP contribution in [0.4, 0.5) is 5.82 Å². The van der Waals surface area contributed by atoms with Crippen LogP contribution < -0.4 is 15.4 Å². The Balaban J connectivity index is 1.77. The Bertz CT molecular complexity index is 729. The quantitative estimate of drug-likeness (QED) is 0.805. The lowest BCUT2D eigenvalue weighted by molar-refractivity contribution is -0.116. The third-order valence-corrected chi connectivity index (χ3v) is 3.15. The van der Waals surface area contributed by atoms with Crippen molar-refractivity contribution < 1.29 is 14.3 Å². The normalized spacial score (nSPS) is 10.4. The van der Waals surface area contributed by atoms with E-state index in [2.05, 4.69) is 20.6 Å². The van der Waals surface area contributed by atoms with Crippen LogP contribution in [0.25, 0.3) is 0 Å². The first-order valence-electron chi connectivity index (χ1n) is 8.08. The van der Waals surface area contributed by atoms with Gasteiger partial charge in [-0.25, -0.2) is 9.97 Å². The van der Waals surface area contributed by atoms with Gasteiger partial charge in [0.15, 0.2) is 0 Å². The minimum Gasteiger partial charge on any atom is -0.475 e. The second-order valence-electron chi connectivity index (χ2n) is 5.77. The smallest absolute Gasteiger partial charge is 0.252 e. The van der Waals surface area contributed by atoms with Gasteiger partial charge >= 0.3 is 0 Å². The molecule has 0 aliphatic carbocycles. The summed E-state index contributed by atoms with van der Waals surface area (Å²) >= 11 is 0. The third-order valence-electron chi connectivity index (χ3n) is 3.15. The first kappa shape index (κ1) is 18.4. The number of ether oxygens (including phenoxy) is 1. The summed E-state index contributed by atoms with van der Waals surface area (Å²) in [5.74, 6) is 0.472. The molecule has 0 spiro atoms. The molecule has 0 unspecified atom stereocenters. The first-order valence-corrected chi connectivity index (χ1v) is 8.08. The largest absolute Gasteiger partial charge is 0.475 e. The zero-order valence-corrected chi connectivity index (χ0v) is 14.6. The molecule has 0 bridgehead atoms. The highest BCUT2D eigenvalue weighted by Gasteiger charge is 2.09. The number of nitrogens with zero attached hydrogens (tertiary/aromatic N) is 2. The molecule has 0 aliphatic rings. The summed E-state index contributed by atoms with van der Waals surface area (Å²) in [5.41, 5.74) is 1.24. The van der Waals surface area contributed by atoms with Crippen molar-refractivity contribution in [2.24, 2.45) is 0 Å². The van der Waals surface area contributed by atoms with Gasteiger partial charge in [0, 0.05) is 30.9 Å². The number of carbonyl (C=O) groups is 2. The molecule has 2 heterocycles. The van der Waals surface area contributed by atoms with Crippen LogP contribution in [0.1, 0.15) is 36.3 Å². The lowest BCUT2D eigenvalue weighted by atomic mass is 10.2. The molecule has 0 saturated heterocycles. The highest BCUT2D eigenvalue weighted by atomic mass is 16.5. The monoisotopic (exact) mass is 342 g/mol. The molecular weight excluding hydrogens is 320 g/mol. The maximum atomic E-state index is 12.0. The van der Waals surface area contributed by atoms with Gasteiger partial charge < -0.3 is 15.4 Å². The Morgan fingerprint density at radius 3 is 2.64 bits per heavy atom. The highest BCUT2D eigenvalue weighted by Crippen LogP contribution is 2.09. The van der Waals surface area contributed by atoms with Crippen LogP contribution in [0.2, 0.25) is 0 Å². The number of aryl methyl sites for hydroxylation is 1. The number of hydrogen-bond acceptors (Lipinski definition) is 5. The average Bonchev–Trinajstić information content (AvgIpc) is 2.55. The number of carbonyl (C=O) groups excluding carboxylic acids is 2. The van der Waals surface area contributed by atoms with E-state index in [1.54, 1.807) is 18.2 Å². The van der Waals surface area contributed by atoms with Crippen LogP contribution in [0.3, 0.4) is 0 Å². The van der Waals surface area contributed by atoms with E-state index >= 15 is 0 Å². The molecule has 2 N–H and O–H groups in total. The molecule has 2 amide bonds. The van der Waals surface area contributed by atoms with E-state index in [0.29, 0.717) is 17.3 Å². The minimum absolute atomic E-state index is 0.0218. The summed E-state index contributed by atoms with van der Waals surface area (Å²) in [7, 11) is 0. The molecule has 7 nitrogen and oxygen atoms in total. The average molecular weight is 342 g/mol. The molecule has 7 heteroatoms. The van der Waals surface area contributed by atoms with E-state index < -0.39 is 0 Å². The molecule has 0 atom stereocenters. The van der Waals surface area contributed by atoms with E-state index in [1.807, 2.05) is 32.9 Å². The van der Waals surface area contributed by atoms with Gasteiger partial charge in [-0.05, 0) is 39.0 Å². The number of hydrogen-bond donors (Lipinski definition) is 2. The number of anilines is 1. The highest BCUT2D eigenvalue weighted by molar-refractivity contribution is 5.94. The SMILES string of the molecule is Cc1cccc(NC(=O)CCNC(=O)c2ccc(OC(C)C)nc2)n1. The standard InChI is InChI=1S/C18H22N4O3/c1-12(2)25-17-8-7-14(11-20-17)18(24)19-10-9-16(23)22-15-6-4-5-13(3)21-15/h4-8,11-12H,9-10H2,1-3H3,(H,19,24)(H,21,22,23). The van der Waals surface area contributed by atoms with E-state index in [0.717, 1.165) is 5.69 Å². The maximum Gasteiger partial charge on any atom is 0.252 e. The fourth-order valence-electron chi connectivity index (χ4n) is 2.04. The summed E-state index contributed by atoms with van der Waals surface area (Å²) in [4.78, 5) is 32.2. The Hall–Kier alpha value is -2.96. The number of pyridine rings is 2. The van der Waals surface area contributed by atoms with Crippen LogP contribution in [0.15, 0.2) is 36.5 Å². The Labute approximate surface area is 146 Å². The van der Waals surface area contributed by atoms with Crippen molar-refractivity contribution in [3.8, 4) is 5.88 Å². The molecule has 2 aromatic heterocycles. The molecule has 25 heavy (non-hydrogen) atoms. The Kier molecular flexibility index (Phi) is 6.45. The van der Waals surface area contributed by atoms with E-state index in [4.69, 9.17) is 4.74 Å². The van der Waals surface area contributed by atoms with Gasteiger partial charge in [0.2, 0.25) is 11.8 Å². The zero-order chi connectivity index (χ0) is 18.2. The molecule has 0 aliphatic heterocycles. The van der Waals surface area contributed by atoms with Crippen molar-refractivity contribution in [2.75, 3.05) is 11.9 Å². The third kappa shape index (κ3) is 6.21. The lowest BCUT2D eigenvalue weighted by Gasteiger charge is -2.09.